The van der Waals surface area contributed by atoms with Gasteiger partial charge in [0.25, 0.3) is 5.91 Å². The number of amides is 1. The SMILES string of the molecule is COc1ccccc1[C@@H]1c2c(oc3cc(C)c(Cl)cc3c2=O)C(=O)N1c1nccs1. The molecular weight excluding hydrogens is 424 g/mol. The van der Waals surface area contributed by atoms with E-state index < -0.39 is 11.9 Å². The Kier molecular flexibility index (Phi) is 4.38. The zero-order valence-corrected chi connectivity index (χ0v) is 17.6. The molecule has 0 saturated carbocycles. The number of aryl methyl sites for hydroxylation is 1. The van der Waals surface area contributed by atoms with Crippen molar-refractivity contribution in [3.05, 3.63) is 85.7 Å². The quantitative estimate of drug-likeness (QED) is 0.451. The molecule has 4 aromatic rings. The minimum absolute atomic E-state index is 0.0142. The number of hydrogen-bond acceptors (Lipinski definition) is 6. The number of aromatic nitrogens is 1. The summed E-state index contributed by atoms with van der Waals surface area (Å²) in [6, 6.07) is 9.84. The average Bonchev–Trinajstić information content (AvgIpc) is 3.36. The van der Waals surface area contributed by atoms with Crippen LogP contribution in [0.25, 0.3) is 11.0 Å². The molecule has 0 unspecified atom stereocenters. The maximum Gasteiger partial charge on any atom is 0.297 e. The Balaban J connectivity index is 1.86. The first-order valence-electron chi connectivity index (χ1n) is 9.14. The van der Waals surface area contributed by atoms with E-state index in [-0.39, 0.29) is 16.8 Å². The standard InChI is InChI=1S/C22H15ClN2O4S/c1-11-9-16-13(10-14(11)23)19(26)17-18(12-5-3-4-6-15(12)28-2)25(21(27)20(17)29-16)22-24-7-8-30-22/h3-10,18H,1-2H3/t18-/m1/s1. The molecule has 8 heteroatoms. The van der Waals surface area contributed by atoms with Crippen molar-refractivity contribution in [2.45, 2.75) is 13.0 Å². The molecule has 0 fully saturated rings. The van der Waals surface area contributed by atoms with Crippen LogP contribution in [0.2, 0.25) is 5.02 Å². The summed E-state index contributed by atoms with van der Waals surface area (Å²) in [6.45, 7) is 1.82. The fraction of sp³-hybridized carbons (Fsp3) is 0.136. The second kappa shape index (κ2) is 6.97. The van der Waals surface area contributed by atoms with Crippen LogP contribution >= 0.6 is 22.9 Å². The largest absolute Gasteiger partial charge is 0.496 e. The molecule has 5 rings (SSSR count). The molecule has 3 heterocycles. The Morgan fingerprint density at radius 3 is 2.77 bits per heavy atom. The molecule has 0 radical (unpaired) electrons. The predicted octanol–water partition coefficient (Wildman–Crippen LogP) is 4.97. The summed E-state index contributed by atoms with van der Waals surface area (Å²) in [4.78, 5) is 32.8. The normalized spacial score (nSPS) is 15.6. The van der Waals surface area contributed by atoms with Crippen molar-refractivity contribution in [2.24, 2.45) is 0 Å². The summed E-state index contributed by atoms with van der Waals surface area (Å²) in [7, 11) is 1.55. The number of halogens is 1. The fourth-order valence-electron chi connectivity index (χ4n) is 3.81. The van der Waals surface area contributed by atoms with E-state index >= 15 is 0 Å². The first kappa shape index (κ1) is 18.8. The summed E-state index contributed by atoms with van der Waals surface area (Å²) in [5.41, 5.74) is 1.72. The van der Waals surface area contributed by atoms with Gasteiger partial charge >= 0.3 is 0 Å². The molecule has 0 saturated heterocycles. The Morgan fingerprint density at radius 1 is 1.23 bits per heavy atom. The monoisotopic (exact) mass is 438 g/mol. The van der Waals surface area contributed by atoms with Gasteiger partial charge in [-0.25, -0.2) is 4.98 Å². The molecule has 150 valence electrons. The number of ether oxygens (including phenoxy) is 1. The van der Waals surface area contributed by atoms with Crippen molar-refractivity contribution in [1.82, 2.24) is 4.98 Å². The number of benzene rings is 2. The van der Waals surface area contributed by atoms with Gasteiger partial charge < -0.3 is 9.15 Å². The maximum absolute atomic E-state index is 13.6. The molecule has 0 bridgehead atoms. The van der Waals surface area contributed by atoms with Gasteiger partial charge in [-0.05, 0) is 30.7 Å². The zero-order chi connectivity index (χ0) is 21.0. The fourth-order valence-corrected chi connectivity index (χ4v) is 4.64. The Bertz CT molecular complexity index is 1360. The summed E-state index contributed by atoms with van der Waals surface area (Å²) in [5.74, 6) is 0.161. The van der Waals surface area contributed by atoms with Crippen LogP contribution in [0.5, 0.6) is 5.75 Å². The van der Waals surface area contributed by atoms with Crippen molar-refractivity contribution >= 4 is 44.9 Å². The first-order valence-corrected chi connectivity index (χ1v) is 10.4. The molecule has 1 aliphatic heterocycles. The summed E-state index contributed by atoms with van der Waals surface area (Å²) in [5, 5.41) is 3.04. The predicted molar refractivity (Wildman–Crippen MR) is 116 cm³/mol. The third kappa shape index (κ3) is 2.66. The zero-order valence-electron chi connectivity index (χ0n) is 16.0. The third-order valence-electron chi connectivity index (χ3n) is 5.21. The van der Waals surface area contributed by atoms with Gasteiger partial charge in [-0.2, -0.15) is 0 Å². The van der Waals surface area contributed by atoms with E-state index in [1.54, 1.807) is 36.9 Å². The van der Waals surface area contributed by atoms with Crippen molar-refractivity contribution in [3.63, 3.8) is 0 Å². The minimum Gasteiger partial charge on any atom is -0.496 e. The van der Waals surface area contributed by atoms with Crippen molar-refractivity contribution in [3.8, 4) is 5.75 Å². The number of carbonyl (C=O) groups is 1. The van der Waals surface area contributed by atoms with Gasteiger partial charge in [0.2, 0.25) is 5.76 Å². The van der Waals surface area contributed by atoms with Crippen molar-refractivity contribution in [2.75, 3.05) is 12.0 Å². The molecule has 30 heavy (non-hydrogen) atoms. The lowest BCUT2D eigenvalue weighted by Gasteiger charge is -2.24. The Hall–Kier alpha value is -3.16. The highest BCUT2D eigenvalue weighted by molar-refractivity contribution is 7.13. The van der Waals surface area contributed by atoms with E-state index in [2.05, 4.69) is 4.98 Å². The molecule has 0 aliphatic carbocycles. The minimum atomic E-state index is -0.726. The van der Waals surface area contributed by atoms with Crippen LogP contribution in [0, 0.1) is 6.92 Å². The number of carbonyl (C=O) groups excluding carboxylic acids is 1. The highest BCUT2D eigenvalue weighted by Gasteiger charge is 2.45. The van der Waals surface area contributed by atoms with Crippen LogP contribution in [-0.2, 0) is 0 Å². The maximum atomic E-state index is 13.6. The lowest BCUT2D eigenvalue weighted by atomic mass is 9.97. The van der Waals surface area contributed by atoms with Gasteiger partial charge in [0, 0.05) is 22.2 Å². The Labute approximate surface area is 180 Å². The number of fused-ring (bicyclic) bond motifs is 2. The molecule has 2 aromatic carbocycles. The van der Waals surface area contributed by atoms with Crippen LogP contribution in [0.4, 0.5) is 5.13 Å². The second-order valence-electron chi connectivity index (χ2n) is 6.91. The van der Waals surface area contributed by atoms with E-state index in [1.165, 1.54) is 16.2 Å². The van der Waals surface area contributed by atoms with E-state index in [4.69, 9.17) is 20.8 Å². The van der Waals surface area contributed by atoms with Gasteiger partial charge in [-0.15, -0.1) is 11.3 Å². The summed E-state index contributed by atoms with van der Waals surface area (Å²) in [6.07, 6.45) is 1.62. The molecule has 2 aromatic heterocycles. The number of anilines is 1. The van der Waals surface area contributed by atoms with Gasteiger partial charge in [0.15, 0.2) is 10.6 Å². The lowest BCUT2D eigenvalue weighted by molar-refractivity contribution is 0.0970. The summed E-state index contributed by atoms with van der Waals surface area (Å²) >= 11 is 7.57. The highest BCUT2D eigenvalue weighted by atomic mass is 35.5. The Morgan fingerprint density at radius 2 is 2.03 bits per heavy atom. The lowest BCUT2D eigenvalue weighted by Crippen LogP contribution is -2.29. The van der Waals surface area contributed by atoms with E-state index in [9.17, 15) is 9.59 Å². The van der Waals surface area contributed by atoms with Gasteiger partial charge in [-0.3, -0.25) is 14.5 Å². The van der Waals surface area contributed by atoms with Crippen LogP contribution in [0.3, 0.4) is 0 Å². The van der Waals surface area contributed by atoms with Gasteiger partial charge in [-0.1, -0.05) is 29.8 Å². The van der Waals surface area contributed by atoms with Crippen molar-refractivity contribution < 1.29 is 13.9 Å². The molecule has 6 nitrogen and oxygen atoms in total. The molecular formula is C22H15ClN2O4S. The summed E-state index contributed by atoms with van der Waals surface area (Å²) < 4.78 is 11.5. The highest BCUT2D eigenvalue weighted by Crippen LogP contribution is 2.44. The number of rotatable bonds is 3. The second-order valence-corrected chi connectivity index (χ2v) is 8.19. The number of hydrogen-bond donors (Lipinski definition) is 0. The average molecular weight is 439 g/mol. The molecule has 1 atom stereocenters. The van der Waals surface area contributed by atoms with Crippen LogP contribution < -0.4 is 15.1 Å². The van der Waals surface area contributed by atoms with Crippen molar-refractivity contribution in [1.29, 1.82) is 0 Å². The molecule has 0 N–H and O–H groups in total. The van der Waals surface area contributed by atoms with Crippen LogP contribution in [-0.4, -0.2) is 18.0 Å². The van der Waals surface area contributed by atoms with Gasteiger partial charge in [0.1, 0.15) is 17.4 Å². The number of para-hydroxylation sites is 1. The van der Waals surface area contributed by atoms with E-state index in [0.717, 1.165) is 5.56 Å². The number of thiazole rings is 1. The molecule has 0 spiro atoms. The molecule has 1 aliphatic rings. The van der Waals surface area contributed by atoms with E-state index in [0.29, 0.717) is 32.4 Å². The van der Waals surface area contributed by atoms with Crippen LogP contribution in [0.15, 0.2) is 57.2 Å². The smallest absolute Gasteiger partial charge is 0.297 e. The topological polar surface area (TPSA) is 72.6 Å². The third-order valence-corrected chi connectivity index (χ3v) is 6.39. The van der Waals surface area contributed by atoms with Crippen LogP contribution in [0.1, 0.15) is 33.3 Å². The number of nitrogens with zero attached hydrogens (tertiary/aromatic N) is 2. The first-order chi connectivity index (χ1) is 14.5. The van der Waals surface area contributed by atoms with Gasteiger partial charge in [0.05, 0.1) is 18.1 Å². The number of methoxy groups -OCH3 is 1. The van der Waals surface area contributed by atoms with E-state index in [1.807, 2.05) is 25.1 Å². The molecule has 1 amide bonds.